The molecule has 18 heavy (non-hydrogen) atoms. The highest BCUT2D eigenvalue weighted by atomic mass is 16.6. The van der Waals surface area contributed by atoms with Crippen molar-refractivity contribution in [3.63, 3.8) is 0 Å². The van der Waals surface area contributed by atoms with Gasteiger partial charge in [0.1, 0.15) is 12.5 Å². The van der Waals surface area contributed by atoms with Crippen LogP contribution in [-0.4, -0.2) is 11.9 Å². The fourth-order valence-electron chi connectivity index (χ4n) is 1.36. The van der Waals surface area contributed by atoms with Crippen molar-refractivity contribution in [1.82, 2.24) is 0 Å². The standard InChI is InChI=1S/C14H24O4/c1-3-5-7-9-13(15)17-11-12-18-14(16)10-8-6-4-2/h11-12H,3-10H2,1-2H3/b12-11+. The summed E-state index contributed by atoms with van der Waals surface area (Å²) >= 11 is 0. The second-order valence-corrected chi connectivity index (χ2v) is 4.17. The highest BCUT2D eigenvalue weighted by Gasteiger charge is 2.01. The number of hydrogen-bond acceptors (Lipinski definition) is 4. The Morgan fingerprint density at radius 1 is 0.778 bits per heavy atom. The first-order chi connectivity index (χ1) is 8.70. The highest BCUT2D eigenvalue weighted by molar-refractivity contribution is 5.70. The molecule has 0 spiro atoms. The van der Waals surface area contributed by atoms with Crippen LogP contribution < -0.4 is 0 Å². The van der Waals surface area contributed by atoms with Crippen LogP contribution >= 0.6 is 0 Å². The molecular formula is C14H24O4. The summed E-state index contributed by atoms with van der Waals surface area (Å²) in [7, 11) is 0. The van der Waals surface area contributed by atoms with Crippen LogP contribution in [-0.2, 0) is 19.1 Å². The second kappa shape index (κ2) is 12.1. The maximum absolute atomic E-state index is 11.2. The number of carbonyl (C=O) groups is 2. The van der Waals surface area contributed by atoms with Crippen LogP contribution in [0.4, 0.5) is 0 Å². The summed E-state index contributed by atoms with van der Waals surface area (Å²) in [4.78, 5) is 22.3. The van der Waals surface area contributed by atoms with Crippen LogP contribution in [0.15, 0.2) is 12.5 Å². The van der Waals surface area contributed by atoms with E-state index < -0.39 is 0 Å². The van der Waals surface area contributed by atoms with E-state index in [4.69, 9.17) is 9.47 Å². The first-order valence-corrected chi connectivity index (χ1v) is 6.74. The Kier molecular flexibility index (Phi) is 11.3. The predicted molar refractivity (Wildman–Crippen MR) is 69.6 cm³/mol. The molecule has 0 radical (unpaired) electrons. The largest absolute Gasteiger partial charge is 0.431 e. The lowest BCUT2D eigenvalue weighted by Gasteiger charge is -1.99. The van der Waals surface area contributed by atoms with Gasteiger partial charge in [0, 0.05) is 12.8 Å². The zero-order valence-corrected chi connectivity index (χ0v) is 11.4. The maximum Gasteiger partial charge on any atom is 0.310 e. The van der Waals surface area contributed by atoms with Gasteiger partial charge in [0.15, 0.2) is 0 Å². The smallest absolute Gasteiger partial charge is 0.310 e. The Labute approximate surface area is 109 Å². The van der Waals surface area contributed by atoms with Crippen molar-refractivity contribution in [1.29, 1.82) is 0 Å². The van der Waals surface area contributed by atoms with Crippen molar-refractivity contribution < 1.29 is 19.1 Å². The molecule has 104 valence electrons. The molecule has 4 nitrogen and oxygen atoms in total. The Morgan fingerprint density at radius 2 is 1.17 bits per heavy atom. The SMILES string of the molecule is CCCCCC(=O)O/C=C/OC(=O)CCCCC. The van der Waals surface area contributed by atoms with Crippen LogP contribution in [0.2, 0.25) is 0 Å². The van der Waals surface area contributed by atoms with Gasteiger partial charge in [-0.15, -0.1) is 0 Å². The summed E-state index contributed by atoms with van der Waals surface area (Å²) < 4.78 is 9.54. The van der Waals surface area contributed by atoms with Crippen LogP contribution in [0.3, 0.4) is 0 Å². The van der Waals surface area contributed by atoms with Crippen molar-refractivity contribution in [2.75, 3.05) is 0 Å². The number of ether oxygens (including phenoxy) is 2. The quantitative estimate of drug-likeness (QED) is 0.340. The normalized spacial score (nSPS) is 10.6. The summed E-state index contributed by atoms with van der Waals surface area (Å²) in [6, 6.07) is 0. The van der Waals surface area contributed by atoms with Gasteiger partial charge < -0.3 is 9.47 Å². The molecule has 0 aliphatic carbocycles. The Balaban J connectivity index is 3.51. The number of esters is 2. The average molecular weight is 256 g/mol. The Hall–Kier alpha value is -1.32. The zero-order chi connectivity index (χ0) is 13.6. The van der Waals surface area contributed by atoms with E-state index in [-0.39, 0.29) is 11.9 Å². The van der Waals surface area contributed by atoms with Crippen LogP contribution in [0.5, 0.6) is 0 Å². The van der Waals surface area contributed by atoms with Gasteiger partial charge in [-0.1, -0.05) is 39.5 Å². The fourth-order valence-corrected chi connectivity index (χ4v) is 1.36. The van der Waals surface area contributed by atoms with Crippen molar-refractivity contribution in [3.8, 4) is 0 Å². The summed E-state index contributed by atoms with van der Waals surface area (Å²) in [5.41, 5.74) is 0. The molecule has 0 aliphatic heterocycles. The minimum atomic E-state index is -0.290. The van der Waals surface area contributed by atoms with E-state index in [0.717, 1.165) is 51.0 Å². The van der Waals surface area contributed by atoms with Gasteiger partial charge in [-0.25, -0.2) is 0 Å². The molecule has 0 aromatic carbocycles. The molecular weight excluding hydrogens is 232 g/mol. The van der Waals surface area contributed by atoms with Gasteiger partial charge in [0.2, 0.25) is 0 Å². The van der Waals surface area contributed by atoms with E-state index in [9.17, 15) is 9.59 Å². The van der Waals surface area contributed by atoms with Crippen molar-refractivity contribution >= 4 is 11.9 Å². The van der Waals surface area contributed by atoms with Gasteiger partial charge in [0.05, 0.1) is 0 Å². The molecule has 0 aromatic rings. The van der Waals surface area contributed by atoms with Gasteiger partial charge in [0.25, 0.3) is 0 Å². The van der Waals surface area contributed by atoms with Gasteiger partial charge >= 0.3 is 11.9 Å². The van der Waals surface area contributed by atoms with Crippen molar-refractivity contribution in [3.05, 3.63) is 12.5 Å². The lowest BCUT2D eigenvalue weighted by atomic mass is 10.2. The lowest BCUT2D eigenvalue weighted by Crippen LogP contribution is -2.01. The van der Waals surface area contributed by atoms with Crippen LogP contribution in [0, 0.1) is 0 Å². The van der Waals surface area contributed by atoms with E-state index in [2.05, 4.69) is 13.8 Å². The molecule has 0 aliphatic rings. The molecule has 0 unspecified atom stereocenters. The first-order valence-electron chi connectivity index (χ1n) is 6.74. The summed E-state index contributed by atoms with van der Waals surface area (Å²) in [6.45, 7) is 4.15. The summed E-state index contributed by atoms with van der Waals surface area (Å²) in [6.07, 6.45) is 8.91. The molecule has 0 heterocycles. The average Bonchev–Trinajstić information content (AvgIpc) is 2.35. The Morgan fingerprint density at radius 3 is 1.50 bits per heavy atom. The van der Waals surface area contributed by atoms with Gasteiger partial charge in [-0.2, -0.15) is 0 Å². The molecule has 0 rings (SSSR count). The van der Waals surface area contributed by atoms with E-state index in [1.165, 1.54) is 0 Å². The van der Waals surface area contributed by atoms with E-state index in [1.54, 1.807) is 0 Å². The van der Waals surface area contributed by atoms with Crippen molar-refractivity contribution in [2.24, 2.45) is 0 Å². The summed E-state index contributed by atoms with van der Waals surface area (Å²) in [5, 5.41) is 0. The topological polar surface area (TPSA) is 52.6 Å². The van der Waals surface area contributed by atoms with Gasteiger partial charge in [-0.3, -0.25) is 9.59 Å². The second-order valence-electron chi connectivity index (χ2n) is 4.17. The number of unbranched alkanes of at least 4 members (excludes halogenated alkanes) is 4. The molecule has 0 bridgehead atoms. The monoisotopic (exact) mass is 256 g/mol. The third-order valence-corrected chi connectivity index (χ3v) is 2.42. The highest BCUT2D eigenvalue weighted by Crippen LogP contribution is 2.02. The zero-order valence-electron chi connectivity index (χ0n) is 11.4. The van der Waals surface area contributed by atoms with Crippen LogP contribution in [0.25, 0.3) is 0 Å². The maximum atomic E-state index is 11.2. The Bertz CT molecular complexity index is 233. The third kappa shape index (κ3) is 11.2. The molecule has 0 saturated carbocycles. The van der Waals surface area contributed by atoms with E-state index in [0.29, 0.717) is 12.8 Å². The molecule has 4 heteroatoms. The van der Waals surface area contributed by atoms with Gasteiger partial charge in [-0.05, 0) is 12.8 Å². The molecule has 0 aromatic heterocycles. The summed E-state index contributed by atoms with van der Waals surface area (Å²) in [5.74, 6) is -0.580. The lowest BCUT2D eigenvalue weighted by molar-refractivity contribution is -0.141. The predicted octanol–water partition coefficient (Wildman–Crippen LogP) is 3.70. The number of rotatable bonds is 10. The molecule has 0 atom stereocenters. The van der Waals surface area contributed by atoms with E-state index in [1.807, 2.05) is 0 Å². The molecule has 0 N–H and O–H groups in total. The van der Waals surface area contributed by atoms with E-state index >= 15 is 0 Å². The molecule has 0 fully saturated rings. The fraction of sp³-hybridized carbons (Fsp3) is 0.714. The minimum absolute atomic E-state index is 0.290. The number of carbonyl (C=O) groups excluding carboxylic acids is 2. The minimum Gasteiger partial charge on any atom is -0.431 e. The first kappa shape index (κ1) is 16.7. The van der Waals surface area contributed by atoms with Crippen molar-refractivity contribution in [2.45, 2.75) is 65.2 Å². The third-order valence-electron chi connectivity index (χ3n) is 2.42. The molecule has 0 amide bonds. The number of hydrogen-bond donors (Lipinski definition) is 0. The van der Waals surface area contributed by atoms with Crippen LogP contribution in [0.1, 0.15) is 65.2 Å². The molecule has 0 saturated heterocycles.